The first kappa shape index (κ1) is 15.0. The first-order chi connectivity index (χ1) is 9.30. The van der Waals surface area contributed by atoms with E-state index in [1.54, 1.807) is 4.90 Å². The Morgan fingerprint density at radius 3 is 2.70 bits per heavy atom. The van der Waals surface area contributed by atoms with Crippen molar-refractivity contribution in [2.45, 2.75) is 31.7 Å². The molecule has 0 fully saturated rings. The molecule has 0 aromatic heterocycles. The van der Waals surface area contributed by atoms with Gasteiger partial charge in [0.2, 0.25) is 5.91 Å². The first-order valence-corrected chi connectivity index (χ1v) is 8.57. The third-order valence-electron chi connectivity index (χ3n) is 3.64. The molecule has 0 spiro atoms. The van der Waals surface area contributed by atoms with E-state index in [2.05, 4.69) is 5.32 Å². The van der Waals surface area contributed by atoms with Crippen LogP contribution in [0.15, 0.2) is 24.3 Å². The van der Waals surface area contributed by atoms with E-state index in [1.165, 1.54) is 6.92 Å². The summed E-state index contributed by atoms with van der Waals surface area (Å²) in [5, 5.41) is 2.29. The van der Waals surface area contributed by atoms with Gasteiger partial charge in [-0.2, -0.15) is 0 Å². The van der Waals surface area contributed by atoms with Crippen molar-refractivity contribution >= 4 is 21.4 Å². The minimum absolute atomic E-state index is 0.109. The van der Waals surface area contributed by atoms with Gasteiger partial charge >= 0.3 is 0 Å². The van der Waals surface area contributed by atoms with Crippen LogP contribution in [0.2, 0.25) is 0 Å². The zero-order chi connectivity index (χ0) is 14.9. The van der Waals surface area contributed by atoms with Crippen LogP contribution >= 0.6 is 0 Å². The standard InChI is InChI=1S/C14H20N2O3S/c1-10-9-16(14(17)11(2)20(3,18)19)13-7-5-4-6-12(13)8-15-10/h4-7,10-11,15H,8-9H2,1-3H3. The Hall–Kier alpha value is -1.40. The predicted molar refractivity (Wildman–Crippen MR) is 79.4 cm³/mol. The summed E-state index contributed by atoms with van der Waals surface area (Å²) in [4.78, 5) is 14.1. The third kappa shape index (κ3) is 3.02. The molecule has 6 heteroatoms. The van der Waals surface area contributed by atoms with Gasteiger partial charge in [0, 0.05) is 31.1 Å². The van der Waals surface area contributed by atoms with Crippen LogP contribution in [-0.2, 0) is 21.2 Å². The number of amides is 1. The normalized spacial score (nSPS) is 20.9. The summed E-state index contributed by atoms with van der Waals surface area (Å²) in [5.41, 5.74) is 1.80. The molecule has 1 aliphatic heterocycles. The molecule has 110 valence electrons. The first-order valence-electron chi connectivity index (χ1n) is 6.62. The summed E-state index contributed by atoms with van der Waals surface area (Å²) >= 11 is 0. The quantitative estimate of drug-likeness (QED) is 0.882. The third-order valence-corrected chi connectivity index (χ3v) is 5.12. The molecule has 20 heavy (non-hydrogen) atoms. The topological polar surface area (TPSA) is 66.5 Å². The van der Waals surface area contributed by atoms with Crippen molar-refractivity contribution in [2.24, 2.45) is 0 Å². The Morgan fingerprint density at radius 1 is 1.40 bits per heavy atom. The summed E-state index contributed by atoms with van der Waals surface area (Å²) < 4.78 is 23.3. The van der Waals surface area contributed by atoms with Gasteiger partial charge < -0.3 is 10.2 Å². The van der Waals surface area contributed by atoms with Crippen LogP contribution in [0.3, 0.4) is 0 Å². The molecular formula is C14H20N2O3S. The average molecular weight is 296 g/mol. The fourth-order valence-corrected chi connectivity index (χ4v) is 2.75. The number of carbonyl (C=O) groups is 1. The molecule has 1 aromatic rings. The second-order valence-corrected chi connectivity index (χ2v) is 7.70. The van der Waals surface area contributed by atoms with Gasteiger partial charge in [-0.15, -0.1) is 0 Å². The van der Waals surface area contributed by atoms with Gasteiger partial charge in [0.05, 0.1) is 0 Å². The number of anilines is 1. The predicted octanol–water partition coefficient (Wildman–Crippen LogP) is 0.944. The second-order valence-electron chi connectivity index (χ2n) is 5.33. The van der Waals surface area contributed by atoms with Crippen molar-refractivity contribution in [3.63, 3.8) is 0 Å². The summed E-state index contributed by atoms with van der Waals surface area (Å²) in [6, 6.07) is 7.70. The number of rotatable bonds is 2. The highest BCUT2D eigenvalue weighted by atomic mass is 32.2. The van der Waals surface area contributed by atoms with Crippen molar-refractivity contribution < 1.29 is 13.2 Å². The molecule has 0 aliphatic carbocycles. The van der Waals surface area contributed by atoms with Gasteiger partial charge in [0.25, 0.3) is 0 Å². The molecular weight excluding hydrogens is 276 g/mol. The molecule has 2 unspecified atom stereocenters. The lowest BCUT2D eigenvalue weighted by atomic mass is 10.1. The lowest BCUT2D eigenvalue weighted by Crippen LogP contribution is -2.45. The van der Waals surface area contributed by atoms with Crippen molar-refractivity contribution in [3.8, 4) is 0 Å². The Morgan fingerprint density at radius 2 is 2.05 bits per heavy atom. The van der Waals surface area contributed by atoms with E-state index in [1.807, 2.05) is 31.2 Å². The molecule has 2 atom stereocenters. The highest BCUT2D eigenvalue weighted by Gasteiger charge is 2.32. The van der Waals surface area contributed by atoms with Gasteiger partial charge in [-0.1, -0.05) is 18.2 Å². The number of carbonyl (C=O) groups excluding carboxylic acids is 1. The monoisotopic (exact) mass is 296 g/mol. The zero-order valence-corrected chi connectivity index (χ0v) is 12.8. The van der Waals surface area contributed by atoms with Gasteiger partial charge in [-0.3, -0.25) is 4.79 Å². The van der Waals surface area contributed by atoms with E-state index in [-0.39, 0.29) is 11.9 Å². The number of nitrogens with zero attached hydrogens (tertiary/aromatic N) is 1. The van der Waals surface area contributed by atoms with Gasteiger partial charge in [-0.25, -0.2) is 8.42 Å². The molecule has 1 aliphatic rings. The maximum atomic E-state index is 12.5. The Kier molecular flexibility index (Phi) is 4.15. The minimum Gasteiger partial charge on any atom is -0.309 e. The molecule has 0 bridgehead atoms. The summed E-state index contributed by atoms with van der Waals surface area (Å²) in [6.45, 7) is 4.57. The molecule has 0 saturated heterocycles. The number of sulfone groups is 1. The van der Waals surface area contributed by atoms with Crippen molar-refractivity contribution in [3.05, 3.63) is 29.8 Å². The maximum absolute atomic E-state index is 12.5. The molecule has 5 nitrogen and oxygen atoms in total. The number of benzene rings is 1. The molecule has 1 N–H and O–H groups in total. The van der Waals surface area contributed by atoms with E-state index >= 15 is 0 Å². The van der Waals surface area contributed by atoms with Crippen LogP contribution in [0.4, 0.5) is 5.69 Å². The maximum Gasteiger partial charge on any atom is 0.245 e. The lowest BCUT2D eigenvalue weighted by Gasteiger charge is -2.26. The zero-order valence-electron chi connectivity index (χ0n) is 12.0. The lowest BCUT2D eigenvalue weighted by molar-refractivity contribution is -0.118. The highest BCUT2D eigenvalue weighted by molar-refractivity contribution is 7.92. The molecule has 1 heterocycles. The fraction of sp³-hybridized carbons (Fsp3) is 0.500. The number of para-hydroxylation sites is 1. The van der Waals surface area contributed by atoms with Crippen molar-refractivity contribution in [2.75, 3.05) is 17.7 Å². The fourth-order valence-electron chi connectivity index (χ4n) is 2.26. The van der Waals surface area contributed by atoms with Gasteiger partial charge in [0.1, 0.15) is 5.25 Å². The second kappa shape index (κ2) is 5.54. The van der Waals surface area contributed by atoms with Gasteiger partial charge in [-0.05, 0) is 25.5 Å². The molecule has 0 radical (unpaired) electrons. The van der Waals surface area contributed by atoms with Crippen molar-refractivity contribution in [1.82, 2.24) is 5.32 Å². The Balaban J connectivity index is 2.41. The van der Waals surface area contributed by atoms with Crippen LogP contribution in [0.1, 0.15) is 19.4 Å². The molecule has 0 saturated carbocycles. The number of hydrogen-bond acceptors (Lipinski definition) is 4. The smallest absolute Gasteiger partial charge is 0.245 e. The molecule has 1 amide bonds. The SMILES string of the molecule is CC1CN(C(=O)C(C)S(C)(=O)=O)c2ccccc2CN1. The molecule has 2 rings (SSSR count). The van der Waals surface area contributed by atoms with Gasteiger partial charge in [0.15, 0.2) is 9.84 Å². The van der Waals surface area contributed by atoms with Crippen LogP contribution in [0.25, 0.3) is 0 Å². The number of nitrogens with one attached hydrogen (secondary N) is 1. The van der Waals surface area contributed by atoms with Crippen LogP contribution < -0.4 is 10.2 Å². The van der Waals surface area contributed by atoms with Crippen LogP contribution in [0.5, 0.6) is 0 Å². The Labute approximate surface area is 119 Å². The minimum atomic E-state index is -3.39. The van der Waals surface area contributed by atoms with E-state index in [0.29, 0.717) is 13.1 Å². The van der Waals surface area contributed by atoms with E-state index in [9.17, 15) is 13.2 Å². The largest absolute Gasteiger partial charge is 0.309 e. The summed E-state index contributed by atoms with van der Waals surface area (Å²) in [7, 11) is -3.39. The summed E-state index contributed by atoms with van der Waals surface area (Å²) in [5.74, 6) is -0.365. The van der Waals surface area contributed by atoms with E-state index < -0.39 is 15.1 Å². The number of fused-ring (bicyclic) bond motifs is 1. The average Bonchev–Trinajstić information content (AvgIpc) is 2.56. The Bertz CT molecular complexity index is 613. The molecule has 1 aromatic carbocycles. The highest BCUT2D eigenvalue weighted by Crippen LogP contribution is 2.24. The van der Waals surface area contributed by atoms with E-state index in [0.717, 1.165) is 17.5 Å². The van der Waals surface area contributed by atoms with E-state index in [4.69, 9.17) is 0 Å². The van der Waals surface area contributed by atoms with Crippen LogP contribution in [-0.4, -0.2) is 38.4 Å². The summed E-state index contributed by atoms with van der Waals surface area (Å²) in [6.07, 6.45) is 1.10. The number of hydrogen-bond donors (Lipinski definition) is 1. The van der Waals surface area contributed by atoms with Crippen molar-refractivity contribution in [1.29, 1.82) is 0 Å². The van der Waals surface area contributed by atoms with Crippen LogP contribution in [0, 0.1) is 0 Å².